The van der Waals surface area contributed by atoms with E-state index >= 15 is 0 Å². The summed E-state index contributed by atoms with van der Waals surface area (Å²) in [7, 11) is 0. The minimum atomic E-state index is -0.986. The molecule has 3 heterocycles. The van der Waals surface area contributed by atoms with Crippen LogP contribution in [-0.4, -0.2) is 22.3 Å². The molecule has 2 aromatic carbocycles. The highest BCUT2D eigenvalue weighted by Gasteiger charge is 2.55. The number of carbonyl (C=O) groups is 1. The molecule has 28 heavy (non-hydrogen) atoms. The topological polar surface area (TPSA) is 107 Å². The Hall–Kier alpha value is -3.87. The molecule has 0 saturated heterocycles. The van der Waals surface area contributed by atoms with Crippen molar-refractivity contribution in [2.75, 3.05) is 17.2 Å². The van der Waals surface area contributed by atoms with E-state index in [1.165, 1.54) is 0 Å². The number of hydrogen-bond acceptors (Lipinski definition) is 5. The van der Waals surface area contributed by atoms with E-state index in [1.54, 1.807) is 6.07 Å². The molecule has 7 heteroatoms. The lowest BCUT2D eigenvalue weighted by Gasteiger charge is -2.36. The summed E-state index contributed by atoms with van der Waals surface area (Å²) in [4.78, 5) is 43.4. The van der Waals surface area contributed by atoms with Crippen molar-refractivity contribution in [2.24, 2.45) is 0 Å². The second-order valence-electron chi connectivity index (χ2n) is 7.21. The number of carbonyl (C=O) groups excluding carboxylic acids is 1. The standard InChI is InChI=1S/C21H14N4O3/c26-17-11-6-2-1-5-10(11)16-14(17)21(9-22-13-8-4-3-7-12(13)21)15-18(23-16)24-20(28)25-19(15)27/h1-8,22H,9H2,(H3,23,24,25,27,28). The predicted octanol–water partition coefficient (Wildman–Crippen LogP) is 1.81. The molecule has 136 valence electrons. The first-order valence-corrected chi connectivity index (χ1v) is 8.97. The summed E-state index contributed by atoms with van der Waals surface area (Å²) in [6.07, 6.45) is 0. The molecule has 1 aromatic heterocycles. The third-order valence-electron chi connectivity index (χ3n) is 5.90. The number of Topliss-reactive ketones (excluding diaryl/α,β-unsaturated/α-hetero) is 1. The smallest absolute Gasteiger partial charge is 0.327 e. The van der Waals surface area contributed by atoms with Crippen molar-refractivity contribution in [3.05, 3.63) is 97.2 Å². The summed E-state index contributed by atoms with van der Waals surface area (Å²) in [5, 5.41) is 6.51. The normalized spacial score (nSPS) is 20.9. The van der Waals surface area contributed by atoms with Crippen LogP contribution in [0.1, 0.15) is 27.0 Å². The zero-order valence-corrected chi connectivity index (χ0v) is 14.6. The molecule has 1 unspecified atom stereocenters. The van der Waals surface area contributed by atoms with Gasteiger partial charge in [0.2, 0.25) is 0 Å². The quantitative estimate of drug-likeness (QED) is 0.483. The highest BCUT2D eigenvalue weighted by molar-refractivity contribution is 6.25. The maximum Gasteiger partial charge on any atom is 0.327 e. The molecule has 2 aliphatic heterocycles. The van der Waals surface area contributed by atoms with E-state index in [9.17, 15) is 14.4 Å². The number of aromatic amines is 2. The first-order valence-electron chi connectivity index (χ1n) is 8.97. The number of para-hydroxylation sites is 1. The SMILES string of the molecule is O=C1C2=C(Nc3[nH]c(=O)[nH]c(=O)c3C23CNc2ccccc23)c2ccccc21. The molecule has 3 aliphatic rings. The van der Waals surface area contributed by atoms with Crippen LogP contribution in [0.25, 0.3) is 5.70 Å². The largest absolute Gasteiger partial charge is 0.383 e. The summed E-state index contributed by atoms with van der Waals surface area (Å²) in [5.41, 5.74) is 2.55. The molecule has 1 spiro atoms. The maximum absolute atomic E-state index is 13.5. The Morgan fingerprint density at radius 1 is 0.857 bits per heavy atom. The molecule has 6 rings (SSSR count). The van der Waals surface area contributed by atoms with E-state index in [-0.39, 0.29) is 5.78 Å². The molecule has 4 N–H and O–H groups in total. The van der Waals surface area contributed by atoms with Crippen molar-refractivity contribution >= 4 is 23.0 Å². The lowest BCUT2D eigenvalue weighted by atomic mass is 9.68. The van der Waals surface area contributed by atoms with Crippen molar-refractivity contribution in [1.82, 2.24) is 9.97 Å². The molecule has 0 bridgehead atoms. The molecule has 1 aliphatic carbocycles. The summed E-state index contributed by atoms with van der Waals surface area (Å²) in [5.74, 6) is 0.225. The highest BCUT2D eigenvalue weighted by Crippen LogP contribution is 2.55. The van der Waals surface area contributed by atoms with Crippen LogP contribution in [0.4, 0.5) is 11.5 Å². The highest BCUT2D eigenvalue weighted by atomic mass is 16.2. The van der Waals surface area contributed by atoms with Gasteiger partial charge in [-0.05, 0) is 11.6 Å². The number of H-pyrrole nitrogens is 2. The lowest BCUT2D eigenvalue weighted by Crippen LogP contribution is -2.45. The first-order chi connectivity index (χ1) is 13.6. The lowest BCUT2D eigenvalue weighted by molar-refractivity contribution is 0.102. The molecule has 0 fully saturated rings. The van der Waals surface area contributed by atoms with Crippen LogP contribution in [0.15, 0.2) is 63.7 Å². The van der Waals surface area contributed by atoms with Gasteiger partial charge < -0.3 is 10.6 Å². The second kappa shape index (κ2) is 4.89. The van der Waals surface area contributed by atoms with Crippen molar-refractivity contribution < 1.29 is 4.79 Å². The Kier molecular flexibility index (Phi) is 2.66. The minimum Gasteiger partial charge on any atom is -0.383 e. The van der Waals surface area contributed by atoms with Crippen molar-refractivity contribution in [1.29, 1.82) is 0 Å². The van der Waals surface area contributed by atoms with Crippen molar-refractivity contribution in [3.8, 4) is 0 Å². The van der Waals surface area contributed by atoms with E-state index < -0.39 is 16.7 Å². The Balaban J connectivity index is 1.78. The minimum absolute atomic E-state index is 0.104. The Morgan fingerprint density at radius 3 is 2.46 bits per heavy atom. The summed E-state index contributed by atoms with van der Waals surface area (Å²) < 4.78 is 0. The molecular formula is C21H14N4O3. The molecule has 0 saturated carbocycles. The summed E-state index contributed by atoms with van der Waals surface area (Å²) >= 11 is 0. The van der Waals surface area contributed by atoms with Gasteiger partial charge in [-0.1, -0.05) is 42.5 Å². The van der Waals surface area contributed by atoms with Crippen LogP contribution in [0.2, 0.25) is 0 Å². The second-order valence-corrected chi connectivity index (χ2v) is 7.21. The number of nitrogens with one attached hydrogen (secondary N) is 4. The third-order valence-corrected chi connectivity index (χ3v) is 5.90. The van der Waals surface area contributed by atoms with Gasteiger partial charge in [0.15, 0.2) is 5.78 Å². The van der Waals surface area contributed by atoms with E-state index in [0.717, 1.165) is 16.8 Å². The Bertz CT molecular complexity index is 1360. The fraction of sp³-hybridized carbons (Fsp3) is 0.0952. The number of benzene rings is 2. The summed E-state index contributed by atoms with van der Waals surface area (Å²) in [6, 6.07) is 15.0. The van der Waals surface area contributed by atoms with Crippen LogP contribution in [0.5, 0.6) is 0 Å². The van der Waals surface area contributed by atoms with Gasteiger partial charge in [-0.3, -0.25) is 19.6 Å². The molecule has 7 nitrogen and oxygen atoms in total. The van der Waals surface area contributed by atoms with Crippen LogP contribution in [0.3, 0.4) is 0 Å². The van der Waals surface area contributed by atoms with Crippen LogP contribution in [0, 0.1) is 0 Å². The van der Waals surface area contributed by atoms with E-state index in [2.05, 4.69) is 20.6 Å². The van der Waals surface area contributed by atoms with Gasteiger partial charge in [-0.15, -0.1) is 0 Å². The third kappa shape index (κ3) is 1.62. The van der Waals surface area contributed by atoms with Gasteiger partial charge in [0, 0.05) is 28.9 Å². The van der Waals surface area contributed by atoms with Gasteiger partial charge in [0.1, 0.15) is 5.82 Å². The average Bonchev–Trinajstić information content (AvgIpc) is 3.19. The number of ketones is 1. The van der Waals surface area contributed by atoms with Crippen molar-refractivity contribution in [2.45, 2.75) is 5.41 Å². The van der Waals surface area contributed by atoms with Gasteiger partial charge in [-0.2, -0.15) is 0 Å². The fourth-order valence-electron chi connectivity index (χ4n) is 4.83. The van der Waals surface area contributed by atoms with Gasteiger partial charge in [-0.25, -0.2) is 4.79 Å². The van der Waals surface area contributed by atoms with Gasteiger partial charge in [0.05, 0.1) is 16.7 Å². The average molecular weight is 370 g/mol. The number of hydrogen-bond donors (Lipinski definition) is 4. The number of rotatable bonds is 0. The fourth-order valence-corrected chi connectivity index (χ4v) is 4.83. The van der Waals surface area contributed by atoms with Crippen LogP contribution < -0.4 is 21.9 Å². The van der Waals surface area contributed by atoms with E-state index in [1.807, 2.05) is 42.5 Å². The monoisotopic (exact) mass is 370 g/mol. The molecule has 3 aromatic rings. The Morgan fingerprint density at radius 2 is 1.61 bits per heavy atom. The molecular weight excluding hydrogens is 356 g/mol. The van der Waals surface area contributed by atoms with E-state index in [0.29, 0.717) is 34.8 Å². The zero-order chi connectivity index (χ0) is 19.0. The predicted molar refractivity (Wildman–Crippen MR) is 105 cm³/mol. The van der Waals surface area contributed by atoms with Crippen LogP contribution in [-0.2, 0) is 5.41 Å². The molecule has 1 atom stereocenters. The maximum atomic E-state index is 13.5. The number of aromatic nitrogens is 2. The van der Waals surface area contributed by atoms with E-state index in [4.69, 9.17) is 0 Å². The van der Waals surface area contributed by atoms with Gasteiger partial charge in [0.25, 0.3) is 5.56 Å². The van der Waals surface area contributed by atoms with Crippen molar-refractivity contribution in [3.63, 3.8) is 0 Å². The Labute approximate surface area is 158 Å². The molecule has 0 radical (unpaired) electrons. The first kappa shape index (κ1) is 15.2. The summed E-state index contributed by atoms with van der Waals surface area (Å²) in [6.45, 7) is 0.356. The van der Waals surface area contributed by atoms with Crippen LogP contribution >= 0.6 is 0 Å². The number of anilines is 2. The molecule has 0 amide bonds. The number of fused-ring (bicyclic) bond motifs is 7. The van der Waals surface area contributed by atoms with Gasteiger partial charge >= 0.3 is 5.69 Å². The zero-order valence-electron chi connectivity index (χ0n) is 14.6.